The summed E-state index contributed by atoms with van der Waals surface area (Å²) in [4.78, 5) is 24.0. The lowest BCUT2D eigenvalue weighted by atomic mass is 10.1. The Morgan fingerprint density at radius 3 is 2.29 bits per heavy atom. The molecule has 0 aliphatic heterocycles. The molecule has 31 heavy (non-hydrogen) atoms. The van der Waals surface area contributed by atoms with E-state index < -0.39 is 11.9 Å². The summed E-state index contributed by atoms with van der Waals surface area (Å²) < 4.78 is 15.8. The summed E-state index contributed by atoms with van der Waals surface area (Å²) in [6, 6.07) is 20.9. The molecule has 0 radical (unpaired) electrons. The minimum absolute atomic E-state index is 0.169. The van der Waals surface area contributed by atoms with E-state index in [0.29, 0.717) is 22.8 Å². The molecule has 0 aliphatic carbocycles. The van der Waals surface area contributed by atoms with Crippen LogP contribution in [0.15, 0.2) is 77.9 Å². The predicted molar refractivity (Wildman–Crippen MR) is 117 cm³/mol. The largest absolute Gasteiger partial charge is 0.497 e. The molecule has 0 saturated heterocycles. The van der Waals surface area contributed by atoms with Gasteiger partial charge in [0.25, 0.3) is 5.91 Å². The number of methoxy groups -OCH3 is 1. The number of esters is 1. The zero-order chi connectivity index (χ0) is 22.1. The van der Waals surface area contributed by atoms with Gasteiger partial charge in [0, 0.05) is 0 Å². The molecule has 0 bridgehead atoms. The van der Waals surface area contributed by atoms with Crippen molar-refractivity contribution in [1.29, 1.82) is 0 Å². The van der Waals surface area contributed by atoms with Crippen molar-refractivity contribution in [3.8, 4) is 17.2 Å². The number of hydrazone groups is 1. The Hall–Kier alpha value is -4.13. The molecular weight excluding hydrogens is 396 g/mol. The first-order chi connectivity index (χ1) is 15.0. The lowest BCUT2D eigenvalue weighted by Gasteiger charge is -2.06. The summed E-state index contributed by atoms with van der Waals surface area (Å²) in [5.74, 6) is 0.860. The van der Waals surface area contributed by atoms with Gasteiger partial charge in [-0.3, -0.25) is 4.79 Å². The van der Waals surface area contributed by atoms with Crippen LogP contribution in [-0.4, -0.2) is 31.8 Å². The lowest BCUT2D eigenvalue weighted by Crippen LogP contribution is -2.24. The van der Waals surface area contributed by atoms with E-state index in [1.807, 2.05) is 19.1 Å². The van der Waals surface area contributed by atoms with Gasteiger partial charge < -0.3 is 14.2 Å². The number of hydrogen-bond donors (Lipinski definition) is 1. The molecule has 3 aromatic rings. The molecule has 158 valence electrons. The third kappa shape index (κ3) is 6.71. The summed E-state index contributed by atoms with van der Waals surface area (Å²) in [6.07, 6.45) is 1.48. The minimum atomic E-state index is -0.422. The van der Waals surface area contributed by atoms with Gasteiger partial charge >= 0.3 is 5.97 Å². The van der Waals surface area contributed by atoms with Gasteiger partial charge in [0.05, 0.1) is 18.9 Å². The van der Waals surface area contributed by atoms with Gasteiger partial charge in [0.15, 0.2) is 6.61 Å². The Morgan fingerprint density at radius 2 is 1.61 bits per heavy atom. The van der Waals surface area contributed by atoms with E-state index in [4.69, 9.17) is 14.2 Å². The number of carbonyl (C=O) groups is 2. The monoisotopic (exact) mass is 418 g/mol. The maximum Gasteiger partial charge on any atom is 0.343 e. The van der Waals surface area contributed by atoms with Crippen LogP contribution in [0.2, 0.25) is 0 Å². The number of aryl methyl sites for hydroxylation is 1. The Morgan fingerprint density at radius 1 is 0.935 bits per heavy atom. The highest BCUT2D eigenvalue weighted by molar-refractivity contribution is 5.91. The summed E-state index contributed by atoms with van der Waals surface area (Å²) in [5.41, 5.74) is 4.60. The SMILES string of the molecule is COc1ccc(OCC(=O)NN=Cc2ccc(OC(=O)c3cccc(C)c3)cc2)cc1. The first-order valence-electron chi connectivity index (χ1n) is 9.51. The molecule has 1 amide bonds. The third-order valence-corrected chi connectivity index (χ3v) is 4.18. The van der Waals surface area contributed by atoms with Crippen LogP contribution in [0.1, 0.15) is 21.5 Å². The van der Waals surface area contributed by atoms with Crippen LogP contribution in [0.25, 0.3) is 0 Å². The highest BCUT2D eigenvalue weighted by Gasteiger charge is 2.08. The van der Waals surface area contributed by atoms with Gasteiger partial charge in [-0.05, 0) is 73.2 Å². The van der Waals surface area contributed by atoms with Crippen molar-refractivity contribution in [3.63, 3.8) is 0 Å². The van der Waals surface area contributed by atoms with Gasteiger partial charge in [-0.15, -0.1) is 0 Å². The standard InChI is InChI=1S/C24H22N2O5/c1-17-4-3-5-19(14-17)24(28)31-22-8-6-18(7-9-22)15-25-26-23(27)16-30-21-12-10-20(29-2)11-13-21/h3-15H,16H2,1-2H3,(H,26,27). The normalized spacial score (nSPS) is 10.5. The van der Waals surface area contributed by atoms with Crippen LogP contribution >= 0.6 is 0 Å². The van der Waals surface area contributed by atoms with Gasteiger partial charge in [-0.2, -0.15) is 5.10 Å². The summed E-state index contributed by atoms with van der Waals surface area (Å²) >= 11 is 0. The fourth-order valence-electron chi connectivity index (χ4n) is 2.59. The number of hydrogen-bond acceptors (Lipinski definition) is 6. The molecule has 1 N–H and O–H groups in total. The quantitative estimate of drug-likeness (QED) is 0.261. The zero-order valence-electron chi connectivity index (χ0n) is 17.2. The van der Waals surface area contributed by atoms with Gasteiger partial charge in [0.1, 0.15) is 17.2 Å². The van der Waals surface area contributed by atoms with Gasteiger partial charge in [-0.1, -0.05) is 17.7 Å². The Labute approximate surface area is 180 Å². The van der Waals surface area contributed by atoms with Crippen molar-refractivity contribution in [2.24, 2.45) is 5.10 Å². The average molecular weight is 418 g/mol. The molecule has 0 saturated carbocycles. The van der Waals surface area contributed by atoms with E-state index in [9.17, 15) is 9.59 Å². The molecule has 0 aliphatic rings. The van der Waals surface area contributed by atoms with Crippen LogP contribution in [0, 0.1) is 6.92 Å². The summed E-state index contributed by atoms with van der Waals surface area (Å²) in [5, 5.41) is 3.90. The van der Waals surface area contributed by atoms with Crippen molar-refractivity contribution < 1.29 is 23.8 Å². The molecule has 7 heteroatoms. The van der Waals surface area contributed by atoms with Crippen molar-refractivity contribution >= 4 is 18.1 Å². The number of ether oxygens (including phenoxy) is 3. The lowest BCUT2D eigenvalue weighted by molar-refractivity contribution is -0.123. The molecule has 0 unspecified atom stereocenters. The number of amides is 1. The van der Waals surface area contributed by atoms with Crippen LogP contribution in [-0.2, 0) is 4.79 Å². The van der Waals surface area contributed by atoms with E-state index in [-0.39, 0.29) is 6.61 Å². The highest BCUT2D eigenvalue weighted by atomic mass is 16.5. The van der Waals surface area contributed by atoms with Crippen LogP contribution in [0.4, 0.5) is 0 Å². The first kappa shape index (κ1) is 21.6. The fourth-order valence-corrected chi connectivity index (χ4v) is 2.59. The average Bonchev–Trinajstić information content (AvgIpc) is 2.79. The molecule has 7 nitrogen and oxygen atoms in total. The smallest absolute Gasteiger partial charge is 0.343 e. The van der Waals surface area contributed by atoms with E-state index in [1.165, 1.54) is 6.21 Å². The molecular formula is C24H22N2O5. The maximum atomic E-state index is 12.2. The van der Waals surface area contributed by atoms with Crippen molar-refractivity contribution in [2.45, 2.75) is 6.92 Å². The molecule has 3 rings (SSSR count). The second-order valence-corrected chi connectivity index (χ2v) is 6.59. The van der Waals surface area contributed by atoms with Crippen LogP contribution < -0.4 is 19.6 Å². The first-order valence-corrected chi connectivity index (χ1v) is 9.51. The van der Waals surface area contributed by atoms with E-state index >= 15 is 0 Å². The predicted octanol–water partition coefficient (Wildman–Crippen LogP) is 3.75. The third-order valence-electron chi connectivity index (χ3n) is 4.18. The number of carbonyl (C=O) groups excluding carboxylic acids is 2. The topological polar surface area (TPSA) is 86.2 Å². The molecule has 3 aromatic carbocycles. The van der Waals surface area contributed by atoms with Crippen LogP contribution in [0.5, 0.6) is 17.2 Å². The van der Waals surface area contributed by atoms with E-state index in [0.717, 1.165) is 11.1 Å². The molecule has 0 atom stereocenters. The van der Waals surface area contributed by atoms with Crippen molar-refractivity contribution in [3.05, 3.63) is 89.5 Å². The second-order valence-electron chi connectivity index (χ2n) is 6.59. The molecule has 0 fully saturated rings. The second kappa shape index (κ2) is 10.6. The molecule has 0 spiro atoms. The Balaban J connectivity index is 1.45. The highest BCUT2D eigenvalue weighted by Crippen LogP contribution is 2.17. The number of benzene rings is 3. The van der Waals surface area contributed by atoms with Crippen molar-refractivity contribution in [1.82, 2.24) is 5.43 Å². The van der Waals surface area contributed by atoms with Gasteiger partial charge in [0.2, 0.25) is 0 Å². The number of nitrogens with zero attached hydrogens (tertiary/aromatic N) is 1. The Kier molecular flexibility index (Phi) is 7.37. The number of rotatable bonds is 8. The van der Waals surface area contributed by atoms with E-state index in [2.05, 4.69) is 10.5 Å². The molecule has 0 heterocycles. The minimum Gasteiger partial charge on any atom is -0.497 e. The van der Waals surface area contributed by atoms with Crippen molar-refractivity contribution in [2.75, 3.05) is 13.7 Å². The summed E-state index contributed by atoms with van der Waals surface area (Å²) in [7, 11) is 1.58. The molecule has 0 aromatic heterocycles. The number of nitrogens with one attached hydrogen (secondary N) is 1. The Bertz CT molecular complexity index is 1060. The zero-order valence-corrected chi connectivity index (χ0v) is 17.2. The maximum absolute atomic E-state index is 12.2. The van der Waals surface area contributed by atoms with E-state index in [1.54, 1.807) is 67.8 Å². The van der Waals surface area contributed by atoms with Crippen LogP contribution in [0.3, 0.4) is 0 Å². The summed E-state index contributed by atoms with van der Waals surface area (Å²) in [6.45, 7) is 1.74. The van der Waals surface area contributed by atoms with Gasteiger partial charge in [-0.25, -0.2) is 10.2 Å². The fraction of sp³-hybridized carbons (Fsp3) is 0.125.